The highest BCUT2D eigenvalue weighted by Gasteiger charge is 2.16. The van der Waals surface area contributed by atoms with Crippen molar-refractivity contribution in [2.24, 2.45) is 0 Å². The van der Waals surface area contributed by atoms with Gasteiger partial charge in [-0.05, 0) is 65.5 Å². The average Bonchev–Trinajstić information content (AvgIpc) is 2.73. The number of likely N-dealkylation sites (N-methyl/N-ethyl adjacent to an activating group) is 1. The lowest BCUT2D eigenvalue weighted by Gasteiger charge is -2.17. The predicted molar refractivity (Wildman–Crippen MR) is 93.1 cm³/mol. The van der Waals surface area contributed by atoms with Crippen LogP contribution in [0.15, 0.2) is 28.1 Å². The van der Waals surface area contributed by atoms with Crippen LogP contribution in [0.4, 0.5) is 0 Å². The first-order valence-corrected chi connectivity index (χ1v) is 8.74. The third-order valence-corrected chi connectivity index (χ3v) is 6.06. The maximum absolute atomic E-state index is 6.16. The molecule has 0 saturated carbocycles. The Labute approximate surface area is 138 Å². The molecule has 1 N–H and O–H groups in total. The van der Waals surface area contributed by atoms with E-state index in [-0.39, 0.29) is 0 Å². The Morgan fingerprint density at radius 1 is 1.25 bits per heavy atom. The van der Waals surface area contributed by atoms with Crippen molar-refractivity contribution in [3.63, 3.8) is 0 Å². The second kappa shape index (κ2) is 7.08. The molecule has 2 rings (SSSR count). The minimum Gasteiger partial charge on any atom is -0.309 e. The van der Waals surface area contributed by atoms with Crippen molar-refractivity contribution in [3.05, 3.63) is 54.6 Å². The predicted octanol–water partition coefficient (Wildman–Crippen LogP) is 5.67. The first-order valence-electron chi connectivity index (χ1n) is 6.75. The summed E-state index contributed by atoms with van der Waals surface area (Å²) in [5, 5.41) is 4.35. The number of hydrogen-bond acceptors (Lipinski definition) is 2. The van der Waals surface area contributed by atoms with Crippen molar-refractivity contribution in [3.8, 4) is 0 Å². The van der Waals surface area contributed by atoms with Gasteiger partial charge in [-0.15, -0.1) is 11.3 Å². The zero-order chi connectivity index (χ0) is 14.7. The highest BCUT2D eigenvalue weighted by atomic mass is 79.9. The molecule has 1 aromatic heterocycles. The van der Waals surface area contributed by atoms with Gasteiger partial charge in [-0.3, -0.25) is 0 Å². The molecular weight excluding hydrogens is 354 g/mol. The van der Waals surface area contributed by atoms with Crippen LogP contribution in [0.1, 0.15) is 34.5 Å². The molecule has 0 aliphatic rings. The normalized spacial score (nSPS) is 12.7. The van der Waals surface area contributed by atoms with Crippen molar-refractivity contribution in [2.45, 2.75) is 33.2 Å². The van der Waals surface area contributed by atoms with Gasteiger partial charge < -0.3 is 5.32 Å². The number of aryl methyl sites for hydroxylation is 2. The Bertz CT molecular complexity index is 575. The molecule has 0 spiro atoms. The van der Waals surface area contributed by atoms with Crippen LogP contribution in [0.2, 0.25) is 5.02 Å². The van der Waals surface area contributed by atoms with E-state index in [4.69, 9.17) is 11.6 Å². The molecule has 1 aromatic carbocycles. The molecule has 4 heteroatoms. The van der Waals surface area contributed by atoms with Crippen molar-refractivity contribution in [1.82, 2.24) is 5.32 Å². The summed E-state index contributed by atoms with van der Waals surface area (Å²) in [6.45, 7) is 7.40. The summed E-state index contributed by atoms with van der Waals surface area (Å²) >= 11 is 11.4. The van der Waals surface area contributed by atoms with E-state index in [0.29, 0.717) is 6.04 Å². The average molecular weight is 373 g/mol. The van der Waals surface area contributed by atoms with Gasteiger partial charge in [-0.1, -0.05) is 36.7 Å². The molecular formula is C16H19BrClNS. The van der Waals surface area contributed by atoms with Gasteiger partial charge in [0.1, 0.15) is 0 Å². The number of rotatable bonds is 5. The summed E-state index contributed by atoms with van der Waals surface area (Å²) in [6.07, 6.45) is 0.984. The SMILES string of the molecule is CCNC(Cc1ccc(C)c(C)c1)c1cc(Cl)c(Br)s1. The Balaban J connectivity index is 2.22. The van der Waals surface area contributed by atoms with Crippen LogP contribution in [0.25, 0.3) is 0 Å². The lowest BCUT2D eigenvalue weighted by Crippen LogP contribution is -2.22. The van der Waals surface area contributed by atoms with Crippen LogP contribution in [-0.2, 0) is 6.42 Å². The van der Waals surface area contributed by atoms with Gasteiger partial charge in [0.05, 0.1) is 8.81 Å². The number of hydrogen-bond donors (Lipinski definition) is 1. The van der Waals surface area contributed by atoms with Gasteiger partial charge in [-0.25, -0.2) is 0 Å². The van der Waals surface area contributed by atoms with Crippen molar-refractivity contribution in [1.29, 1.82) is 0 Å². The highest BCUT2D eigenvalue weighted by molar-refractivity contribution is 9.11. The lowest BCUT2D eigenvalue weighted by atomic mass is 10.00. The Kier molecular flexibility index (Phi) is 5.67. The van der Waals surface area contributed by atoms with Crippen LogP contribution in [0.3, 0.4) is 0 Å². The fourth-order valence-electron chi connectivity index (χ4n) is 2.22. The van der Waals surface area contributed by atoms with Crippen molar-refractivity contribution < 1.29 is 0 Å². The van der Waals surface area contributed by atoms with Crippen molar-refractivity contribution >= 4 is 38.9 Å². The van der Waals surface area contributed by atoms with E-state index in [9.17, 15) is 0 Å². The van der Waals surface area contributed by atoms with E-state index >= 15 is 0 Å². The summed E-state index contributed by atoms with van der Waals surface area (Å²) in [5.74, 6) is 0. The van der Waals surface area contributed by atoms with Gasteiger partial charge >= 0.3 is 0 Å². The molecule has 0 bridgehead atoms. The lowest BCUT2D eigenvalue weighted by molar-refractivity contribution is 0.558. The molecule has 0 saturated heterocycles. The number of benzene rings is 1. The molecule has 0 fully saturated rings. The van der Waals surface area contributed by atoms with Crippen LogP contribution in [-0.4, -0.2) is 6.54 Å². The van der Waals surface area contributed by atoms with E-state index in [1.807, 2.05) is 0 Å². The number of halogens is 2. The molecule has 1 atom stereocenters. The Morgan fingerprint density at radius 2 is 2.00 bits per heavy atom. The van der Waals surface area contributed by atoms with E-state index in [1.54, 1.807) is 11.3 Å². The summed E-state index contributed by atoms with van der Waals surface area (Å²) in [4.78, 5) is 1.28. The van der Waals surface area contributed by atoms with Gasteiger partial charge in [0.15, 0.2) is 0 Å². The zero-order valence-electron chi connectivity index (χ0n) is 12.0. The van der Waals surface area contributed by atoms with E-state index in [1.165, 1.54) is 21.6 Å². The minimum atomic E-state index is 0.316. The molecule has 0 amide bonds. The summed E-state index contributed by atoms with van der Waals surface area (Å²) in [5.41, 5.74) is 4.05. The fraction of sp³-hybridized carbons (Fsp3) is 0.375. The topological polar surface area (TPSA) is 12.0 Å². The van der Waals surface area contributed by atoms with Crippen LogP contribution in [0, 0.1) is 13.8 Å². The smallest absolute Gasteiger partial charge is 0.0887 e. The van der Waals surface area contributed by atoms with E-state index in [2.05, 4.69) is 66.3 Å². The Hall–Kier alpha value is -0.350. The monoisotopic (exact) mass is 371 g/mol. The van der Waals surface area contributed by atoms with Crippen LogP contribution in [0.5, 0.6) is 0 Å². The minimum absolute atomic E-state index is 0.316. The maximum atomic E-state index is 6.16. The molecule has 1 nitrogen and oxygen atoms in total. The summed E-state index contributed by atoms with van der Waals surface area (Å²) in [6, 6.07) is 9.08. The molecule has 0 radical (unpaired) electrons. The van der Waals surface area contributed by atoms with Gasteiger partial charge in [0.2, 0.25) is 0 Å². The molecule has 2 aromatic rings. The number of nitrogens with one attached hydrogen (secondary N) is 1. The van der Waals surface area contributed by atoms with Crippen LogP contribution < -0.4 is 5.32 Å². The molecule has 1 unspecified atom stereocenters. The van der Waals surface area contributed by atoms with Gasteiger partial charge in [0.25, 0.3) is 0 Å². The first kappa shape index (κ1) is 16.0. The van der Waals surface area contributed by atoms with Crippen LogP contribution >= 0.6 is 38.9 Å². The third kappa shape index (κ3) is 3.85. The standard InChI is InChI=1S/C16H19BrClNS/c1-4-19-14(15-9-13(18)16(17)20-15)8-12-6-5-10(2)11(3)7-12/h5-7,9,14,19H,4,8H2,1-3H3. The highest BCUT2D eigenvalue weighted by Crippen LogP contribution is 2.36. The summed E-state index contributed by atoms with van der Waals surface area (Å²) < 4.78 is 1.01. The maximum Gasteiger partial charge on any atom is 0.0887 e. The fourth-order valence-corrected chi connectivity index (χ4v) is 4.04. The summed E-state index contributed by atoms with van der Waals surface area (Å²) in [7, 11) is 0. The third-order valence-electron chi connectivity index (χ3n) is 3.47. The molecule has 20 heavy (non-hydrogen) atoms. The quantitative estimate of drug-likeness (QED) is 0.712. The second-order valence-corrected chi connectivity index (χ2v) is 7.81. The Morgan fingerprint density at radius 3 is 2.55 bits per heavy atom. The van der Waals surface area contributed by atoms with Gasteiger partial charge in [-0.2, -0.15) is 0 Å². The first-order chi connectivity index (χ1) is 9.51. The van der Waals surface area contributed by atoms with Crippen molar-refractivity contribution in [2.75, 3.05) is 6.54 Å². The zero-order valence-corrected chi connectivity index (χ0v) is 15.1. The largest absolute Gasteiger partial charge is 0.309 e. The van der Waals surface area contributed by atoms with E-state index in [0.717, 1.165) is 21.8 Å². The van der Waals surface area contributed by atoms with Gasteiger partial charge in [0, 0.05) is 10.9 Å². The second-order valence-electron chi connectivity index (χ2n) is 5.00. The molecule has 108 valence electrons. The molecule has 1 heterocycles. The number of thiophene rings is 1. The molecule has 0 aliphatic carbocycles. The molecule has 0 aliphatic heterocycles. The van der Waals surface area contributed by atoms with E-state index < -0.39 is 0 Å².